The van der Waals surface area contributed by atoms with Crippen LogP contribution in [0.25, 0.3) is 197 Å². The van der Waals surface area contributed by atoms with Crippen molar-refractivity contribution in [3.63, 3.8) is 0 Å². The molecule has 12 heteroatoms. The zero-order valence-corrected chi connectivity index (χ0v) is 77.6. The molecular formula is C120H108N8O4+4. The van der Waals surface area contributed by atoms with Crippen molar-refractivity contribution in [3.8, 4) is 89.5 Å². The molecule has 132 heavy (non-hydrogen) atoms. The van der Waals surface area contributed by atoms with Crippen molar-refractivity contribution in [1.82, 2.24) is 0 Å². The minimum atomic E-state index is -1.52. The lowest BCUT2D eigenvalue weighted by Gasteiger charge is -2.18. The summed E-state index contributed by atoms with van der Waals surface area (Å²) in [6, 6.07) is 87.3. The number of hydrogen-bond donors (Lipinski definition) is 0. The van der Waals surface area contributed by atoms with Gasteiger partial charge in [-0.1, -0.05) is 281 Å². The van der Waals surface area contributed by atoms with Gasteiger partial charge in [-0.3, -0.25) is 0 Å². The number of aromatic nitrogens is 4. The predicted octanol–water partition coefficient (Wildman–Crippen LogP) is 31.5. The molecule has 0 bridgehead atoms. The van der Waals surface area contributed by atoms with E-state index in [1.54, 1.807) is 0 Å². The van der Waals surface area contributed by atoms with Crippen molar-refractivity contribution in [2.24, 2.45) is 45.4 Å². The van der Waals surface area contributed by atoms with Gasteiger partial charge in [0.15, 0.2) is 47.5 Å². The highest BCUT2D eigenvalue weighted by Crippen LogP contribution is 2.50. The molecule has 0 amide bonds. The molecule has 20 rings (SSSR count). The normalized spacial score (nSPS) is 12.7. The van der Waals surface area contributed by atoms with Gasteiger partial charge in [0.25, 0.3) is 0 Å². The van der Waals surface area contributed by atoms with Crippen LogP contribution in [0, 0.1) is 71.2 Å². The van der Waals surface area contributed by atoms with Crippen LogP contribution in [0.1, 0.15) is 122 Å². The molecule has 0 saturated carbocycles. The van der Waals surface area contributed by atoms with Crippen molar-refractivity contribution in [1.29, 1.82) is 0 Å². The maximum absolute atomic E-state index is 8.83. The second-order valence-corrected chi connectivity index (χ2v) is 35.8. The van der Waals surface area contributed by atoms with E-state index in [9.17, 15) is 0 Å². The molecule has 12 aromatic carbocycles. The van der Waals surface area contributed by atoms with E-state index >= 15 is 0 Å². The van der Waals surface area contributed by atoms with Crippen molar-refractivity contribution >= 4 is 111 Å². The van der Waals surface area contributed by atoms with E-state index in [0.717, 1.165) is 188 Å². The molecular weight excluding hydrogens is 1620 g/mol. The van der Waals surface area contributed by atoms with Gasteiger partial charge in [0.1, 0.15) is 72.9 Å². The molecule has 0 spiro atoms. The number of rotatable bonds is 14. The third kappa shape index (κ3) is 17.1. The summed E-state index contributed by atoms with van der Waals surface area (Å²) in [7, 11) is 7.90. The van der Waals surface area contributed by atoms with Gasteiger partial charge in [0.05, 0.1) is 48.5 Å². The van der Waals surface area contributed by atoms with Crippen LogP contribution in [0.2, 0.25) is 0 Å². The maximum atomic E-state index is 8.83. The van der Waals surface area contributed by atoms with Gasteiger partial charge in [0, 0.05) is 122 Å². The fraction of sp³-hybridized carbons (Fsp3) is 0.200. The van der Waals surface area contributed by atoms with Crippen molar-refractivity contribution in [2.75, 3.05) is 0 Å². The fourth-order valence-corrected chi connectivity index (χ4v) is 18.2. The summed E-state index contributed by atoms with van der Waals surface area (Å²) in [5, 5.41) is 7.88. The highest BCUT2D eigenvalue weighted by Gasteiger charge is 2.31. The number of fused-ring (bicyclic) bond motifs is 12. The third-order valence-corrected chi connectivity index (χ3v) is 24.3. The molecule has 0 saturated heterocycles. The first-order chi connectivity index (χ1) is 66.3. The average Bonchev–Trinajstić information content (AvgIpc) is 1.59. The van der Waals surface area contributed by atoms with E-state index < -0.39 is 30.4 Å². The number of pyridine rings is 4. The van der Waals surface area contributed by atoms with Crippen molar-refractivity contribution in [3.05, 3.63) is 382 Å². The second-order valence-electron chi connectivity index (χ2n) is 35.8. The lowest BCUT2D eigenvalue weighted by atomic mass is 9.88. The first kappa shape index (κ1) is 79.8. The average molecular weight is 1730 g/mol. The van der Waals surface area contributed by atoms with Gasteiger partial charge in [-0.2, -0.15) is 0 Å². The topological polar surface area (TPSA) is 85.5 Å². The van der Waals surface area contributed by atoms with Crippen LogP contribution in [0.5, 0.6) is 0 Å². The largest absolute Gasteiger partial charge is 0.456 e. The SMILES string of the molecule is [2H]C(C)(C)c1ccc(-c2c(C)ccc3c2oc2c(-c4ccccc4)c([N+]#[C-])ccc23)[n+](C)c1.[2H]C([2H])(c1cc[n+](C)c(-c2c(C)ccc3c2oc2c(-c4ccccc4)c([N+]#[C-])ccc23)c1)C(C)(C)C.[2H]C([2H])(c1cc[n+](C)c(-c2c(C)ccc3c2oc2c(-c4ccccc4)c([N+]#[C-])ccc23)c1)C(C)C.[2H]C([2H])(c1ccc(-c2c(C)ccc3c2oc2c(-c4ccccc4)c([N+]#[C-])ccc23)[n+](C)c1)C(C)C. The highest BCUT2D eigenvalue weighted by molar-refractivity contribution is 6.19. The maximum Gasteiger partial charge on any atom is 0.216 e. The fourth-order valence-electron chi connectivity index (χ4n) is 18.2. The number of nitrogens with zero attached hydrogens (tertiary/aromatic N) is 8. The molecule has 20 aromatic rings. The van der Waals surface area contributed by atoms with Crippen LogP contribution in [-0.4, -0.2) is 0 Å². The predicted molar refractivity (Wildman–Crippen MR) is 541 cm³/mol. The van der Waals surface area contributed by atoms with Crippen LogP contribution in [-0.2, 0) is 47.3 Å². The zero-order valence-electron chi connectivity index (χ0n) is 84.6. The molecule has 0 aliphatic carbocycles. The minimum Gasteiger partial charge on any atom is -0.456 e. The first-order valence-electron chi connectivity index (χ1n) is 48.0. The number of benzene rings is 12. The smallest absolute Gasteiger partial charge is 0.216 e. The zero-order chi connectivity index (χ0) is 99.0. The molecule has 0 aliphatic rings. The Bertz CT molecular complexity index is 8460. The van der Waals surface area contributed by atoms with Gasteiger partial charge < -0.3 is 17.7 Å². The van der Waals surface area contributed by atoms with Crippen LogP contribution < -0.4 is 18.3 Å². The van der Waals surface area contributed by atoms with Gasteiger partial charge in [0.2, 0.25) is 22.8 Å². The minimum absolute atomic E-state index is 0.137. The van der Waals surface area contributed by atoms with E-state index in [4.69, 9.17) is 53.6 Å². The molecule has 0 aliphatic heterocycles. The Labute approximate surface area is 783 Å². The van der Waals surface area contributed by atoms with Crippen LogP contribution in [0.3, 0.4) is 0 Å². The van der Waals surface area contributed by atoms with Crippen molar-refractivity contribution < 1.29 is 45.5 Å². The number of hydrogen-bond acceptors (Lipinski definition) is 4. The van der Waals surface area contributed by atoms with E-state index in [0.29, 0.717) is 56.2 Å². The quantitative estimate of drug-likeness (QED) is 0.0802. The van der Waals surface area contributed by atoms with E-state index in [1.165, 1.54) is 0 Å². The first-order valence-corrected chi connectivity index (χ1v) is 44.5. The monoisotopic (exact) mass is 1730 g/mol. The lowest BCUT2D eigenvalue weighted by molar-refractivity contribution is -0.660. The summed E-state index contributed by atoms with van der Waals surface area (Å²) in [4.78, 5) is 15.1. The Morgan fingerprint density at radius 2 is 0.576 bits per heavy atom. The molecule has 8 aromatic heterocycles. The molecule has 0 N–H and O–H groups in total. The van der Waals surface area contributed by atoms with E-state index in [-0.39, 0.29) is 11.8 Å². The summed E-state index contributed by atoms with van der Waals surface area (Å²) in [5.41, 5.74) is 29.4. The molecule has 0 radical (unpaired) electrons. The molecule has 648 valence electrons. The molecule has 0 atom stereocenters. The molecule has 0 fully saturated rings. The Kier molecular flexibility index (Phi) is 22.3. The van der Waals surface area contributed by atoms with Gasteiger partial charge in [-0.25, -0.2) is 37.6 Å². The van der Waals surface area contributed by atoms with Gasteiger partial charge >= 0.3 is 0 Å². The van der Waals surface area contributed by atoms with Gasteiger partial charge in [-0.15, -0.1) is 0 Å². The summed E-state index contributed by atoms with van der Waals surface area (Å²) >= 11 is 0. The van der Waals surface area contributed by atoms with Crippen LogP contribution >= 0.6 is 0 Å². The molecule has 0 unspecified atom stereocenters. The van der Waals surface area contributed by atoms with Crippen molar-refractivity contribution in [2.45, 2.75) is 115 Å². The van der Waals surface area contributed by atoms with Crippen LogP contribution in [0.4, 0.5) is 22.7 Å². The Balaban J connectivity index is 0.000000128. The van der Waals surface area contributed by atoms with Gasteiger partial charge in [-0.05, 0) is 138 Å². The highest BCUT2D eigenvalue weighted by atomic mass is 16.3. The lowest BCUT2D eigenvalue weighted by Crippen LogP contribution is -2.31. The summed E-state index contributed by atoms with van der Waals surface area (Å²) in [5.74, 6) is -0.967. The number of furan rings is 4. The Morgan fingerprint density at radius 1 is 0.303 bits per heavy atom. The van der Waals surface area contributed by atoms with Crippen LogP contribution in [0.15, 0.2) is 309 Å². The standard InChI is InChI=1S/C31H29N2O.2C30H27N2O.C29H25N2O/c1-20-12-13-23-24-14-15-25(32-5)28(22-10-8-7-9-11-22)30(24)34-29(23)27(20)26-18-21(16-17-33(26)6)19-31(2,3)4;1-19(2)17-21-12-16-26(32(5)18-21)27-20(3)11-13-23-24-14-15-25(31-4)28(30(24)33-29(23)27)22-9-7-6-8-10-22;1-19(2)17-21-15-16-32(5)26(18-21)27-20(3)11-12-23-24-13-14-25(31-4)28(30(24)33-29(23)27)22-9-7-6-8-10-22;1-18(2)21-12-16-25(31(5)17-21)26-19(3)11-13-22-23-14-15-24(30-4)27(29(23)32-28(22)26)20-9-7-6-8-10-20/h7-18H,19H2,1-4,6H3;2*6-16,18-19H,17H2,1-3,5H3;6-18H,1-3,5H3/q4*+1/i19D2;2*17D2;18D. The molecule has 8 heterocycles. The Morgan fingerprint density at radius 3 is 0.864 bits per heavy atom. The number of aryl methyl sites for hydroxylation is 8. The second kappa shape index (κ2) is 36.9. The summed E-state index contributed by atoms with van der Waals surface area (Å²) in [6.07, 6.45) is 3.34. The third-order valence-electron chi connectivity index (χ3n) is 24.3. The van der Waals surface area contributed by atoms with E-state index in [2.05, 4.69) is 99.3 Å². The molecule has 12 nitrogen and oxygen atoms in total. The Hall–Kier alpha value is -15.6. The summed E-state index contributed by atoms with van der Waals surface area (Å²) in [6.45, 7) is 56.4. The van der Waals surface area contributed by atoms with E-state index in [1.807, 2.05) is 348 Å². The summed E-state index contributed by atoms with van der Waals surface area (Å²) < 4.78 is 94.8.